The molecule has 0 aliphatic carbocycles. The van der Waals surface area contributed by atoms with Crippen LogP contribution in [-0.2, 0) is 6.54 Å². The molecule has 0 unspecified atom stereocenters. The summed E-state index contributed by atoms with van der Waals surface area (Å²) in [5.41, 5.74) is 4.25. The molecule has 168 valence electrons. The third-order valence-corrected chi connectivity index (χ3v) is 7.08. The summed E-state index contributed by atoms with van der Waals surface area (Å²) in [6, 6.07) is 12.5. The van der Waals surface area contributed by atoms with Crippen molar-refractivity contribution in [3.05, 3.63) is 71.2 Å². The molecule has 0 bridgehead atoms. The molecule has 9 heteroatoms. The third kappa shape index (κ3) is 3.56. The normalized spacial score (nSPS) is 22.4. The van der Waals surface area contributed by atoms with Crippen LogP contribution in [0.3, 0.4) is 0 Å². The van der Waals surface area contributed by atoms with Crippen LogP contribution >= 0.6 is 15.9 Å². The summed E-state index contributed by atoms with van der Waals surface area (Å²) < 4.78 is 7.96. The van der Waals surface area contributed by atoms with Crippen molar-refractivity contribution in [2.24, 2.45) is 0 Å². The second-order valence-electron chi connectivity index (χ2n) is 8.55. The molecule has 2 aliphatic heterocycles. The number of methoxy groups -OCH3 is 1. The fourth-order valence-electron chi connectivity index (χ4n) is 5.01. The fraction of sp³-hybridized carbons (Fsp3) is 0.292. The molecule has 3 atom stereocenters. The molecular formula is C24H23BrN6O2. The first kappa shape index (κ1) is 20.6. The van der Waals surface area contributed by atoms with Gasteiger partial charge < -0.3 is 14.7 Å². The van der Waals surface area contributed by atoms with Gasteiger partial charge in [-0.05, 0) is 45.8 Å². The lowest BCUT2D eigenvalue weighted by atomic mass is 9.95. The molecule has 2 fully saturated rings. The number of rotatable bonds is 5. The van der Waals surface area contributed by atoms with E-state index in [9.17, 15) is 5.11 Å². The number of aliphatic hydroxyl groups is 1. The zero-order valence-corrected chi connectivity index (χ0v) is 19.6. The molecular weight excluding hydrogens is 484 g/mol. The van der Waals surface area contributed by atoms with E-state index < -0.39 is 6.10 Å². The van der Waals surface area contributed by atoms with E-state index in [0.29, 0.717) is 18.5 Å². The van der Waals surface area contributed by atoms with Crippen LogP contribution in [0.15, 0.2) is 65.7 Å². The Morgan fingerprint density at radius 1 is 1.12 bits per heavy atom. The highest BCUT2D eigenvalue weighted by molar-refractivity contribution is 9.10. The Morgan fingerprint density at radius 3 is 2.79 bits per heavy atom. The Kier molecular flexibility index (Phi) is 5.05. The number of ether oxygens (including phenoxy) is 1. The number of aromatic nitrogens is 4. The third-order valence-electron chi connectivity index (χ3n) is 6.64. The first-order valence-corrected chi connectivity index (χ1v) is 11.7. The van der Waals surface area contributed by atoms with Crippen molar-refractivity contribution in [1.29, 1.82) is 0 Å². The summed E-state index contributed by atoms with van der Waals surface area (Å²) in [7, 11) is 1.62. The summed E-state index contributed by atoms with van der Waals surface area (Å²) in [6.45, 7) is 2.26. The molecule has 8 nitrogen and oxygen atoms in total. The number of aliphatic hydroxyl groups excluding tert-OH is 1. The van der Waals surface area contributed by atoms with Crippen LogP contribution < -0.4 is 9.64 Å². The lowest BCUT2D eigenvalue weighted by Gasteiger charge is -2.48. The van der Waals surface area contributed by atoms with Gasteiger partial charge in [0.25, 0.3) is 0 Å². The highest BCUT2D eigenvalue weighted by atomic mass is 79.9. The van der Waals surface area contributed by atoms with Crippen LogP contribution in [0.4, 0.5) is 5.82 Å². The maximum Gasteiger partial charge on any atom is 0.212 e. The van der Waals surface area contributed by atoms with Crippen molar-refractivity contribution in [3.8, 4) is 17.0 Å². The molecule has 1 N–H and O–H groups in total. The van der Waals surface area contributed by atoms with Crippen molar-refractivity contribution in [2.75, 3.05) is 25.1 Å². The van der Waals surface area contributed by atoms with Crippen LogP contribution in [0, 0.1) is 0 Å². The van der Waals surface area contributed by atoms with Crippen molar-refractivity contribution in [3.63, 3.8) is 0 Å². The lowest BCUT2D eigenvalue weighted by Crippen LogP contribution is -2.64. The van der Waals surface area contributed by atoms with Crippen molar-refractivity contribution in [2.45, 2.75) is 24.7 Å². The van der Waals surface area contributed by atoms with Gasteiger partial charge in [0, 0.05) is 59.9 Å². The minimum Gasteiger partial charge on any atom is -0.481 e. The largest absolute Gasteiger partial charge is 0.481 e. The van der Waals surface area contributed by atoms with Crippen molar-refractivity contribution >= 4 is 27.3 Å². The molecule has 6 rings (SSSR count). The second kappa shape index (κ2) is 8.09. The van der Waals surface area contributed by atoms with E-state index in [2.05, 4.69) is 47.9 Å². The maximum atomic E-state index is 10.8. The van der Waals surface area contributed by atoms with E-state index in [1.165, 1.54) is 0 Å². The number of halogens is 1. The Hall–Kier alpha value is -3.01. The number of anilines is 1. The van der Waals surface area contributed by atoms with Crippen molar-refractivity contribution in [1.82, 2.24) is 24.5 Å². The van der Waals surface area contributed by atoms with Crippen LogP contribution in [0.5, 0.6) is 5.88 Å². The molecule has 0 aromatic carbocycles. The molecule has 6 heterocycles. The number of pyridine rings is 3. The van der Waals surface area contributed by atoms with E-state index in [-0.39, 0.29) is 6.04 Å². The molecule has 0 amide bonds. The van der Waals surface area contributed by atoms with Crippen LogP contribution in [0.25, 0.3) is 16.6 Å². The molecule has 4 aromatic heterocycles. The lowest BCUT2D eigenvalue weighted by molar-refractivity contribution is 0.151. The number of hydrogen-bond donors (Lipinski definition) is 1. The number of fused-ring (bicyclic) bond motifs is 2. The van der Waals surface area contributed by atoms with Gasteiger partial charge >= 0.3 is 0 Å². The van der Waals surface area contributed by atoms with E-state index in [1.807, 2.05) is 47.4 Å². The number of hydrogen-bond acceptors (Lipinski definition) is 7. The van der Waals surface area contributed by atoms with Gasteiger partial charge in [0.2, 0.25) is 5.88 Å². The van der Waals surface area contributed by atoms with E-state index in [0.717, 1.165) is 45.6 Å². The summed E-state index contributed by atoms with van der Waals surface area (Å²) >= 11 is 3.56. The highest BCUT2D eigenvalue weighted by Crippen LogP contribution is 2.37. The molecule has 0 spiro atoms. The summed E-state index contributed by atoms with van der Waals surface area (Å²) in [6.07, 6.45) is 7.07. The first-order chi connectivity index (χ1) is 16.1. The molecule has 2 aliphatic rings. The monoisotopic (exact) mass is 506 g/mol. The van der Waals surface area contributed by atoms with Crippen LogP contribution in [0.2, 0.25) is 0 Å². The zero-order valence-electron chi connectivity index (χ0n) is 18.0. The second-order valence-corrected chi connectivity index (χ2v) is 9.47. The SMILES string of the molecule is COc1ccc(CN2C[C@H](O)[C@H]3[C@@H]2CN3c2ccc(-c3cc(Br)cn4nccc34)cn2)cn1. The highest BCUT2D eigenvalue weighted by Gasteiger charge is 2.52. The zero-order chi connectivity index (χ0) is 22.5. The quantitative estimate of drug-likeness (QED) is 0.445. The Balaban J connectivity index is 1.18. The van der Waals surface area contributed by atoms with Gasteiger partial charge in [-0.15, -0.1) is 0 Å². The van der Waals surface area contributed by atoms with Gasteiger partial charge in [-0.3, -0.25) is 4.90 Å². The topological polar surface area (TPSA) is 79.0 Å². The fourth-order valence-corrected chi connectivity index (χ4v) is 5.43. The molecule has 0 radical (unpaired) electrons. The van der Waals surface area contributed by atoms with E-state index in [1.54, 1.807) is 13.3 Å². The smallest absolute Gasteiger partial charge is 0.212 e. The van der Waals surface area contributed by atoms with Gasteiger partial charge in [-0.25, -0.2) is 14.5 Å². The average Bonchev–Trinajstić information content (AvgIpc) is 3.35. The Labute approximate surface area is 199 Å². The summed E-state index contributed by atoms with van der Waals surface area (Å²) in [4.78, 5) is 13.6. The minimum absolute atomic E-state index is 0.0574. The predicted molar refractivity (Wildman–Crippen MR) is 128 cm³/mol. The van der Waals surface area contributed by atoms with Gasteiger partial charge in [-0.2, -0.15) is 5.10 Å². The van der Waals surface area contributed by atoms with Gasteiger partial charge in [-0.1, -0.05) is 6.07 Å². The van der Waals surface area contributed by atoms with E-state index >= 15 is 0 Å². The maximum absolute atomic E-state index is 10.8. The standard InChI is InChI=1S/C24H23BrN6O2/c1-33-23-5-2-15(9-27-23)11-29-14-21(32)24-20(29)13-30(24)22-4-3-16(10-26-22)18-8-17(25)12-31-19(18)6-7-28-31/h2-10,12,20-21,24,32H,11,13-14H2,1H3/t20-,21-,24+/m0/s1. The molecule has 2 saturated heterocycles. The van der Waals surface area contributed by atoms with Crippen LogP contribution in [0.1, 0.15) is 5.56 Å². The molecule has 33 heavy (non-hydrogen) atoms. The molecule has 4 aromatic rings. The predicted octanol–water partition coefficient (Wildman–Crippen LogP) is 3.00. The first-order valence-electron chi connectivity index (χ1n) is 10.9. The Morgan fingerprint density at radius 2 is 2.03 bits per heavy atom. The van der Waals surface area contributed by atoms with Gasteiger partial charge in [0.05, 0.1) is 37.0 Å². The molecule has 0 saturated carbocycles. The Bertz CT molecular complexity index is 1290. The van der Waals surface area contributed by atoms with Gasteiger partial charge in [0.1, 0.15) is 5.82 Å². The summed E-state index contributed by atoms with van der Waals surface area (Å²) in [5, 5.41) is 15.1. The number of nitrogens with zero attached hydrogens (tertiary/aromatic N) is 6. The minimum atomic E-state index is -0.409. The van der Waals surface area contributed by atoms with Gasteiger partial charge in [0.15, 0.2) is 0 Å². The number of β-amino-alcohol motifs (C(OH)–C–C–N with tert-alkyl or cyclic N) is 1. The van der Waals surface area contributed by atoms with E-state index in [4.69, 9.17) is 9.72 Å². The number of likely N-dealkylation sites (tertiary alicyclic amines) is 1. The average molecular weight is 507 g/mol. The van der Waals surface area contributed by atoms with Crippen LogP contribution in [-0.4, -0.2) is 68.0 Å². The summed E-state index contributed by atoms with van der Waals surface area (Å²) in [5.74, 6) is 1.51. The van der Waals surface area contributed by atoms with Crippen molar-refractivity contribution < 1.29 is 9.84 Å².